The van der Waals surface area contributed by atoms with Crippen molar-refractivity contribution in [2.75, 3.05) is 0 Å². The van der Waals surface area contributed by atoms with E-state index in [9.17, 15) is 8.42 Å². The molecule has 27 heavy (non-hydrogen) atoms. The zero-order valence-corrected chi connectivity index (χ0v) is 16.7. The Morgan fingerprint density at radius 1 is 1.07 bits per heavy atom. The summed E-state index contributed by atoms with van der Waals surface area (Å²) in [6.07, 6.45) is 5.34. The third-order valence-corrected chi connectivity index (χ3v) is 5.95. The summed E-state index contributed by atoms with van der Waals surface area (Å²) < 4.78 is 29.7. The molecule has 6 heteroatoms. The average Bonchev–Trinajstić information content (AvgIpc) is 3.06. The molecule has 0 unspecified atom stereocenters. The third kappa shape index (κ3) is 4.84. The minimum Gasteiger partial charge on any atom is -0.340 e. The van der Waals surface area contributed by atoms with Gasteiger partial charge in [0.2, 0.25) is 10.0 Å². The molecule has 0 aliphatic carbocycles. The van der Waals surface area contributed by atoms with Gasteiger partial charge in [-0.25, -0.2) is 18.1 Å². The summed E-state index contributed by atoms with van der Waals surface area (Å²) >= 11 is 0. The largest absolute Gasteiger partial charge is 0.340 e. The van der Waals surface area contributed by atoms with Crippen LogP contribution < -0.4 is 4.72 Å². The predicted molar refractivity (Wildman–Crippen MR) is 108 cm³/mol. The molecule has 142 valence electrons. The van der Waals surface area contributed by atoms with E-state index in [0.717, 1.165) is 29.7 Å². The minimum atomic E-state index is -3.55. The Balaban J connectivity index is 1.97. The fourth-order valence-electron chi connectivity index (χ4n) is 3.03. The highest BCUT2D eigenvalue weighted by Crippen LogP contribution is 2.27. The number of rotatable bonds is 7. The smallest absolute Gasteiger partial charge is 0.240 e. The molecular formula is C21H25N3O2S. The van der Waals surface area contributed by atoms with E-state index in [-0.39, 0.29) is 10.9 Å². The molecule has 0 spiro atoms. The molecule has 0 atom stereocenters. The van der Waals surface area contributed by atoms with Gasteiger partial charge in [0.25, 0.3) is 0 Å². The van der Waals surface area contributed by atoms with Crippen LogP contribution in [0.15, 0.2) is 66.0 Å². The Hall–Kier alpha value is -2.44. The Morgan fingerprint density at radius 3 is 2.44 bits per heavy atom. The molecule has 3 rings (SSSR count). The van der Waals surface area contributed by atoms with Crippen molar-refractivity contribution in [2.45, 2.75) is 37.6 Å². The van der Waals surface area contributed by atoms with E-state index in [1.54, 1.807) is 18.5 Å². The van der Waals surface area contributed by atoms with E-state index in [2.05, 4.69) is 21.8 Å². The van der Waals surface area contributed by atoms with E-state index < -0.39 is 10.0 Å². The molecule has 5 nitrogen and oxygen atoms in total. The fourth-order valence-corrected chi connectivity index (χ4v) is 4.31. The lowest BCUT2D eigenvalue weighted by Crippen LogP contribution is -2.30. The van der Waals surface area contributed by atoms with Crippen molar-refractivity contribution in [3.8, 4) is 11.3 Å². The molecule has 1 aromatic heterocycles. The van der Waals surface area contributed by atoms with E-state index in [1.807, 2.05) is 55.9 Å². The van der Waals surface area contributed by atoms with Crippen molar-refractivity contribution in [2.24, 2.45) is 7.05 Å². The SMILES string of the molecule is CC(C)NS(=O)(=O)c1ccc(CCc2ccccc2)c(-c2cn(C)cn2)c1. The van der Waals surface area contributed by atoms with Crippen molar-refractivity contribution in [1.29, 1.82) is 0 Å². The number of hydrogen-bond donors (Lipinski definition) is 1. The zero-order chi connectivity index (χ0) is 19.4. The topological polar surface area (TPSA) is 64.0 Å². The molecule has 1 heterocycles. The van der Waals surface area contributed by atoms with Crippen molar-refractivity contribution in [3.05, 3.63) is 72.2 Å². The second-order valence-corrected chi connectivity index (χ2v) is 8.72. The maximum atomic E-state index is 12.6. The Labute approximate surface area is 161 Å². The van der Waals surface area contributed by atoms with Gasteiger partial charge in [-0.15, -0.1) is 0 Å². The maximum absolute atomic E-state index is 12.6. The van der Waals surface area contributed by atoms with Gasteiger partial charge in [0, 0.05) is 24.8 Å². The summed E-state index contributed by atoms with van der Waals surface area (Å²) in [5, 5.41) is 0. The number of imidazole rings is 1. The summed E-state index contributed by atoms with van der Waals surface area (Å²) in [7, 11) is -1.65. The average molecular weight is 384 g/mol. The highest BCUT2D eigenvalue weighted by Gasteiger charge is 2.18. The van der Waals surface area contributed by atoms with Crippen LogP contribution in [0.3, 0.4) is 0 Å². The van der Waals surface area contributed by atoms with Crippen LogP contribution in [0.25, 0.3) is 11.3 Å². The first kappa shape index (κ1) is 19.3. The summed E-state index contributed by atoms with van der Waals surface area (Å²) in [6.45, 7) is 3.62. The number of sulfonamides is 1. The van der Waals surface area contributed by atoms with E-state index in [4.69, 9.17) is 0 Å². The third-order valence-electron chi connectivity index (χ3n) is 4.29. The van der Waals surface area contributed by atoms with Crippen LogP contribution in [0.4, 0.5) is 0 Å². The molecule has 0 aliphatic rings. The number of hydrogen-bond acceptors (Lipinski definition) is 3. The molecule has 2 aromatic carbocycles. The van der Waals surface area contributed by atoms with Gasteiger partial charge in [0.05, 0.1) is 16.9 Å². The van der Waals surface area contributed by atoms with E-state index in [0.29, 0.717) is 0 Å². The van der Waals surface area contributed by atoms with E-state index in [1.165, 1.54) is 5.56 Å². The number of aryl methyl sites for hydroxylation is 3. The number of benzene rings is 2. The molecule has 3 aromatic rings. The highest BCUT2D eigenvalue weighted by molar-refractivity contribution is 7.89. The second kappa shape index (κ2) is 8.06. The summed E-state index contributed by atoms with van der Waals surface area (Å²) in [6, 6.07) is 15.4. The summed E-state index contributed by atoms with van der Waals surface area (Å²) in [4.78, 5) is 4.70. The normalized spacial score (nSPS) is 11.9. The Bertz CT molecular complexity index is 1010. The predicted octanol–water partition coefficient (Wildman–Crippen LogP) is 3.56. The molecule has 0 saturated heterocycles. The van der Waals surface area contributed by atoms with Crippen molar-refractivity contribution in [3.63, 3.8) is 0 Å². The van der Waals surface area contributed by atoms with Crippen LogP contribution in [0.2, 0.25) is 0 Å². The van der Waals surface area contributed by atoms with Crippen molar-refractivity contribution in [1.82, 2.24) is 14.3 Å². The lowest BCUT2D eigenvalue weighted by molar-refractivity contribution is 0.570. The fraction of sp³-hybridized carbons (Fsp3) is 0.286. The van der Waals surface area contributed by atoms with Crippen LogP contribution in [-0.4, -0.2) is 24.0 Å². The van der Waals surface area contributed by atoms with Crippen LogP contribution in [-0.2, 0) is 29.9 Å². The van der Waals surface area contributed by atoms with Gasteiger partial charge in [-0.3, -0.25) is 0 Å². The number of nitrogens with zero attached hydrogens (tertiary/aromatic N) is 2. The number of nitrogens with one attached hydrogen (secondary N) is 1. The van der Waals surface area contributed by atoms with Crippen LogP contribution in [0.5, 0.6) is 0 Å². The molecule has 0 aliphatic heterocycles. The Morgan fingerprint density at radius 2 is 1.81 bits per heavy atom. The molecule has 0 radical (unpaired) electrons. The summed E-state index contributed by atoms with van der Waals surface area (Å²) in [5.41, 5.74) is 3.98. The van der Waals surface area contributed by atoms with Gasteiger partial charge in [0.15, 0.2) is 0 Å². The standard InChI is InChI=1S/C21H25N3O2S/c1-16(2)23-27(25,26)19-12-11-18(10-9-17-7-5-4-6-8-17)20(13-19)21-14-24(3)15-22-21/h4-8,11-16,23H,9-10H2,1-3H3. The second-order valence-electron chi connectivity index (χ2n) is 7.00. The minimum absolute atomic E-state index is 0.161. The molecule has 0 bridgehead atoms. The maximum Gasteiger partial charge on any atom is 0.240 e. The molecule has 1 N–H and O–H groups in total. The van der Waals surface area contributed by atoms with Crippen LogP contribution >= 0.6 is 0 Å². The number of aromatic nitrogens is 2. The van der Waals surface area contributed by atoms with Gasteiger partial charge < -0.3 is 4.57 Å². The molecule has 0 fully saturated rings. The molecule has 0 amide bonds. The van der Waals surface area contributed by atoms with Crippen molar-refractivity contribution >= 4 is 10.0 Å². The first-order valence-corrected chi connectivity index (χ1v) is 10.5. The molecule has 0 saturated carbocycles. The first-order valence-electron chi connectivity index (χ1n) is 9.02. The van der Waals surface area contributed by atoms with Crippen LogP contribution in [0, 0.1) is 0 Å². The van der Waals surface area contributed by atoms with Crippen molar-refractivity contribution < 1.29 is 8.42 Å². The van der Waals surface area contributed by atoms with Gasteiger partial charge in [-0.2, -0.15) is 0 Å². The first-order chi connectivity index (χ1) is 12.8. The lowest BCUT2D eigenvalue weighted by Gasteiger charge is -2.13. The van der Waals surface area contributed by atoms with Gasteiger partial charge in [-0.1, -0.05) is 36.4 Å². The zero-order valence-electron chi connectivity index (χ0n) is 15.9. The van der Waals surface area contributed by atoms with Gasteiger partial charge in [0.1, 0.15) is 0 Å². The quantitative estimate of drug-likeness (QED) is 0.678. The molecular weight excluding hydrogens is 358 g/mol. The van der Waals surface area contributed by atoms with Gasteiger partial charge >= 0.3 is 0 Å². The lowest BCUT2D eigenvalue weighted by atomic mass is 9.98. The highest BCUT2D eigenvalue weighted by atomic mass is 32.2. The Kier molecular flexibility index (Phi) is 5.77. The van der Waals surface area contributed by atoms with E-state index >= 15 is 0 Å². The summed E-state index contributed by atoms with van der Waals surface area (Å²) in [5.74, 6) is 0. The van der Waals surface area contributed by atoms with Gasteiger partial charge in [-0.05, 0) is 49.9 Å². The monoisotopic (exact) mass is 383 g/mol. The van der Waals surface area contributed by atoms with Crippen LogP contribution in [0.1, 0.15) is 25.0 Å².